The van der Waals surface area contributed by atoms with E-state index in [0.29, 0.717) is 12.0 Å². The highest BCUT2D eigenvalue weighted by Gasteiger charge is 2.11. The second kappa shape index (κ2) is 4.50. The topological polar surface area (TPSA) is 40.5 Å². The molecule has 0 saturated carbocycles. The fraction of sp³-hybridized carbons (Fsp3) is 0.200. The summed E-state index contributed by atoms with van der Waals surface area (Å²) in [5.74, 6) is 0.343. The first-order chi connectivity index (χ1) is 8.09. The third-order valence-electron chi connectivity index (χ3n) is 3.12. The summed E-state index contributed by atoms with van der Waals surface area (Å²) in [6.07, 6.45) is 0.716. The molecule has 2 heteroatoms. The molecule has 0 fully saturated rings. The molecule has 0 atom stereocenters. The average Bonchev–Trinajstić information content (AvgIpc) is 2.35. The van der Waals surface area contributed by atoms with Crippen LogP contribution in [-0.2, 0) is 6.42 Å². The number of phenolic OH excluding ortho intramolecular Hbond substituents is 2. The van der Waals surface area contributed by atoms with Crippen LogP contribution in [0.3, 0.4) is 0 Å². The van der Waals surface area contributed by atoms with Gasteiger partial charge in [0.2, 0.25) is 0 Å². The number of aromatic hydroxyl groups is 2. The van der Waals surface area contributed by atoms with Gasteiger partial charge in [-0.25, -0.2) is 0 Å². The third-order valence-corrected chi connectivity index (χ3v) is 3.12. The molecule has 0 spiro atoms. The Morgan fingerprint density at radius 3 is 2.24 bits per heavy atom. The SMILES string of the molecule is Cc1c(O)cc(Cc2ccccc2)c(C)c1O. The molecule has 0 amide bonds. The van der Waals surface area contributed by atoms with Gasteiger partial charge >= 0.3 is 0 Å². The summed E-state index contributed by atoms with van der Waals surface area (Å²) in [5.41, 5.74) is 3.50. The van der Waals surface area contributed by atoms with Crippen molar-refractivity contribution in [3.8, 4) is 11.5 Å². The first kappa shape index (κ1) is 11.5. The van der Waals surface area contributed by atoms with Gasteiger partial charge in [-0.2, -0.15) is 0 Å². The molecule has 2 aromatic carbocycles. The predicted octanol–water partition coefficient (Wildman–Crippen LogP) is 3.31. The van der Waals surface area contributed by atoms with Crippen molar-refractivity contribution in [2.75, 3.05) is 0 Å². The normalized spacial score (nSPS) is 10.5. The standard InChI is InChI=1S/C15H16O2/c1-10-13(8-12-6-4-3-5-7-12)9-14(16)11(2)15(10)17/h3-7,9,16-17H,8H2,1-2H3. The summed E-state index contributed by atoms with van der Waals surface area (Å²) in [5, 5.41) is 19.6. The smallest absolute Gasteiger partial charge is 0.125 e. The summed E-state index contributed by atoms with van der Waals surface area (Å²) in [6, 6.07) is 11.7. The molecule has 2 nitrogen and oxygen atoms in total. The number of hydrogen-bond acceptors (Lipinski definition) is 2. The van der Waals surface area contributed by atoms with E-state index in [1.165, 1.54) is 5.56 Å². The van der Waals surface area contributed by atoms with Crippen LogP contribution in [0.15, 0.2) is 36.4 Å². The maximum Gasteiger partial charge on any atom is 0.125 e. The molecular formula is C15H16O2. The zero-order valence-electron chi connectivity index (χ0n) is 10.1. The molecule has 0 aromatic heterocycles. The summed E-state index contributed by atoms with van der Waals surface area (Å²) in [6.45, 7) is 3.59. The lowest BCUT2D eigenvalue weighted by atomic mass is 9.97. The highest BCUT2D eigenvalue weighted by atomic mass is 16.3. The van der Waals surface area contributed by atoms with E-state index in [1.54, 1.807) is 13.0 Å². The average molecular weight is 228 g/mol. The summed E-state index contributed by atoms with van der Waals surface area (Å²) in [4.78, 5) is 0. The molecule has 2 aromatic rings. The minimum absolute atomic E-state index is 0.152. The van der Waals surface area contributed by atoms with Gasteiger partial charge in [-0.3, -0.25) is 0 Å². The van der Waals surface area contributed by atoms with Crippen LogP contribution in [0.2, 0.25) is 0 Å². The summed E-state index contributed by atoms with van der Waals surface area (Å²) in [7, 11) is 0. The van der Waals surface area contributed by atoms with Gasteiger partial charge < -0.3 is 10.2 Å². The Morgan fingerprint density at radius 1 is 0.941 bits per heavy atom. The van der Waals surface area contributed by atoms with Crippen LogP contribution in [0.25, 0.3) is 0 Å². The van der Waals surface area contributed by atoms with Gasteiger partial charge in [0.05, 0.1) is 0 Å². The second-order valence-corrected chi connectivity index (χ2v) is 4.32. The first-order valence-corrected chi connectivity index (χ1v) is 5.64. The lowest BCUT2D eigenvalue weighted by Crippen LogP contribution is -1.94. The van der Waals surface area contributed by atoms with Crippen LogP contribution in [-0.4, -0.2) is 10.2 Å². The van der Waals surface area contributed by atoms with Gasteiger partial charge in [-0.15, -0.1) is 0 Å². The fourth-order valence-electron chi connectivity index (χ4n) is 1.94. The molecule has 0 radical (unpaired) electrons. The zero-order chi connectivity index (χ0) is 12.4. The Bertz CT molecular complexity index is 530. The summed E-state index contributed by atoms with van der Waals surface area (Å²) < 4.78 is 0. The zero-order valence-corrected chi connectivity index (χ0v) is 10.1. The Balaban J connectivity index is 2.41. The van der Waals surface area contributed by atoms with Crippen molar-refractivity contribution in [1.29, 1.82) is 0 Å². The number of benzene rings is 2. The molecule has 17 heavy (non-hydrogen) atoms. The molecule has 88 valence electrons. The van der Waals surface area contributed by atoms with Gasteiger partial charge in [0.15, 0.2) is 0 Å². The maximum atomic E-state index is 9.89. The highest BCUT2D eigenvalue weighted by Crippen LogP contribution is 2.33. The van der Waals surface area contributed by atoms with Crippen molar-refractivity contribution >= 4 is 0 Å². The molecule has 0 aliphatic rings. The minimum atomic E-state index is 0.152. The van der Waals surface area contributed by atoms with E-state index >= 15 is 0 Å². The van der Waals surface area contributed by atoms with Gasteiger partial charge in [0, 0.05) is 5.56 Å². The van der Waals surface area contributed by atoms with Crippen molar-refractivity contribution in [2.45, 2.75) is 20.3 Å². The quantitative estimate of drug-likeness (QED) is 0.828. The van der Waals surface area contributed by atoms with Crippen LogP contribution >= 0.6 is 0 Å². The highest BCUT2D eigenvalue weighted by molar-refractivity contribution is 5.52. The van der Waals surface area contributed by atoms with Gasteiger partial charge in [-0.05, 0) is 43.0 Å². The Hall–Kier alpha value is -1.96. The van der Waals surface area contributed by atoms with Crippen molar-refractivity contribution in [2.24, 2.45) is 0 Å². The molecule has 0 saturated heterocycles. The molecule has 0 heterocycles. The third kappa shape index (κ3) is 2.26. The van der Waals surface area contributed by atoms with Crippen LogP contribution in [0.5, 0.6) is 11.5 Å². The molecule has 0 unspecified atom stereocenters. The van der Waals surface area contributed by atoms with Crippen LogP contribution in [0, 0.1) is 13.8 Å². The molecule has 0 aliphatic heterocycles. The van der Waals surface area contributed by atoms with E-state index in [9.17, 15) is 10.2 Å². The second-order valence-electron chi connectivity index (χ2n) is 4.32. The minimum Gasteiger partial charge on any atom is -0.508 e. The van der Waals surface area contributed by atoms with Crippen molar-refractivity contribution in [1.82, 2.24) is 0 Å². The molecule has 2 rings (SSSR count). The van der Waals surface area contributed by atoms with Gasteiger partial charge in [0.25, 0.3) is 0 Å². The number of rotatable bonds is 2. The van der Waals surface area contributed by atoms with Crippen LogP contribution in [0.4, 0.5) is 0 Å². The van der Waals surface area contributed by atoms with Gasteiger partial charge in [-0.1, -0.05) is 30.3 Å². The van der Waals surface area contributed by atoms with Crippen molar-refractivity contribution in [3.63, 3.8) is 0 Å². The van der Waals surface area contributed by atoms with E-state index < -0.39 is 0 Å². The van der Waals surface area contributed by atoms with Crippen LogP contribution in [0.1, 0.15) is 22.3 Å². The Kier molecular flexibility index (Phi) is 3.05. The number of hydrogen-bond donors (Lipinski definition) is 2. The Morgan fingerprint density at radius 2 is 1.59 bits per heavy atom. The van der Waals surface area contributed by atoms with E-state index in [2.05, 4.69) is 0 Å². The maximum absolute atomic E-state index is 9.89. The van der Waals surface area contributed by atoms with E-state index in [1.807, 2.05) is 37.3 Å². The van der Waals surface area contributed by atoms with Crippen LogP contribution < -0.4 is 0 Å². The largest absolute Gasteiger partial charge is 0.508 e. The Labute approximate surface area is 101 Å². The van der Waals surface area contributed by atoms with Crippen molar-refractivity contribution in [3.05, 3.63) is 58.7 Å². The number of phenols is 2. The molecule has 2 N–H and O–H groups in total. The van der Waals surface area contributed by atoms with Crippen molar-refractivity contribution < 1.29 is 10.2 Å². The van der Waals surface area contributed by atoms with Gasteiger partial charge in [0.1, 0.15) is 11.5 Å². The summed E-state index contributed by atoms with van der Waals surface area (Å²) >= 11 is 0. The lowest BCUT2D eigenvalue weighted by Gasteiger charge is -2.11. The lowest BCUT2D eigenvalue weighted by molar-refractivity contribution is 0.439. The van der Waals surface area contributed by atoms with E-state index in [0.717, 1.165) is 11.1 Å². The molecule has 0 bridgehead atoms. The van der Waals surface area contributed by atoms with E-state index in [-0.39, 0.29) is 11.5 Å². The fourth-order valence-corrected chi connectivity index (χ4v) is 1.94. The predicted molar refractivity (Wildman–Crippen MR) is 68.5 cm³/mol. The first-order valence-electron chi connectivity index (χ1n) is 5.64. The molecule has 0 aliphatic carbocycles. The molecular weight excluding hydrogens is 212 g/mol. The monoisotopic (exact) mass is 228 g/mol. The van der Waals surface area contributed by atoms with E-state index in [4.69, 9.17) is 0 Å².